The number of rotatable bonds is 10. The second-order valence-electron chi connectivity index (χ2n) is 7.99. The van der Waals surface area contributed by atoms with Crippen molar-refractivity contribution in [2.75, 3.05) is 17.9 Å². The van der Waals surface area contributed by atoms with Gasteiger partial charge in [-0.15, -0.1) is 0 Å². The van der Waals surface area contributed by atoms with E-state index in [-0.39, 0.29) is 17.3 Å². The van der Waals surface area contributed by atoms with Crippen LogP contribution in [-0.2, 0) is 26.2 Å². The average Bonchev–Trinajstić information content (AvgIpc) is 2.89. The van der Waals surface area contributed by atoms with Crippen LogP contribution in [-0.4, -0.2) is 44.8 Å². The topological polar surface area (TPSA) is 86.8 Å². The number of nitrogens with zero attached hydrogens (tertiary/aromatic N) is 2. The Hall–Kier alpha value is -2.63. The summed E-state index contributed by atoms with van der Waals surface area (Å²) in [6.07, 6.45) is 0.355. The Morgan fingerprint density at radius 1 is 0.972 bits per heavy atom. The van der Waals surface area contributed by atoms with Crippen molar-refractivity contribution >= 4 is 61.7 Å². The highest BCUT2D eigenvalue weighted by molar-refractivity contribution is 14.1. The van der Waals surface area contributed by atoms with E-state index < -0.39 is 28.5 Å². The van der Waals surface area contributed by atoms with E-state index in [0.717, 1.165) is 13.4 Å². The van der Waals surface area contributed by atoms with Gasteiger partial charge in [-0.05, 0) is 83.1 Å². The molecule has 1 N–H and O–H groups in total. The molecule has 10 heteroatoms. The van der Waals surface area contributed by atoms with Crippen LogP contribution in [0, 0.1) is 3.57 Å². The summed E-state index contributed by atoms with van der Waals surface area (Å²) in [5, 5.41) is 3.16. The van der Waals surface area contributed by atoms with E-state index in [2.05, 4.69) is 27.9 Å². The number of halogens is 2. The molecule has 2 amide bonds. The van der Waals surface area contributed by atoms with E-state index in [4.69, 9.17) is 11.6 Å². The van der Waals surface area contributed by atoms with Gasteiger partial charge in [-0.25, -0.2) is 8.42 Å². The molecule has 36 heavy (non-hydrogen) atoms. The maximum atomic E-state index is 13.8. The van der Waals surface area contributed by atoms with Gasteiger partial charge in [0, 0.05) is 22.2 Å². The largest absolute Gasteiger partial charge is 0.357 e. The summed E-state index contributed by atoms with van der Waals surface area (Å²) >= 11 is 8.14. The third-order valence-electron chi connectivity index (χ3n) is 5.62. The van der Waals surface area contributed by atoms with Crippen LogP contribution < -0.4 is 9.62 Å². The second-order valence-corrected chi connectivity index (χ2v) is 11.5. The summed E-state index contributed by atoms with van der Waals surface area (Å²) in [5.74, 6) is -0.829. The lowest BCUT2D eigenvalue weighted by molar-refractivity contribution is -0.140. The van der Waals surface area contributed by atoms with Crippen molar-refractivity contribution in [3.63, 3.8) is 0 Å². The predicted octanol–water partition coefficient (Wildman–Crippen LogP) is 4.69. The summed E-state index contributed by atoms with van der Waals surface area (Å²) in [4.78, 5) is 27.9. The fourth-order valence-electron chi connectivity index (χ4n) is 3.73. The zero-order valence-corrected chi connectivity index (χ0v) is 23.6. The molecule has 3 aromatic rings. The van der Waals surface area contributed by atoms with Gasteiger partial charge in [0.05, 0.1) is 10.6 Å². The van der Waals surface area contributed by atoms with Gasteiger partial charge in [0.15, 0.2) is 0 Å². The van der Waals surface area contributed by atoms with E-state index in [1.807, 2.05) is 0 Å². The molecular formula is C26H27ClIN3O4S. The first-order valence-corrected chi connectivity index (χ1v) is 14.2. The summed E-state index contributed by atoms with van der Waals surface area (Å²) in [6, 6.07) is 21.0. The van der Waals surface area contributed by atoms with Crippen LogP contribution >= 0.6 is 34.2 Å². The number of benzene rings is 3. The minimum absolute atomic E-state index is 0.0685. The summed E-state index contributed by atoms with van der Waals surface area (Å²) in [7, 11) is -2.56. The number of carbonyl (C=O) groups excluding carboxylic acids is 2. The van der Waals surface area contributed by atoms with Crippen molar-refractivity contribution in [1.82, 2.24) is 10.2 Å². The fourth-order valence-corrected chi connectivity index (χ4v) is 5.65. The van der Waals surface area contributed by atoms with Crippen LogP contribution in [0.15, 0.2) is 83.8 Å². The Balaban J connectivity index is 2.03. The molecule has 0 aliphatic heterocycles. The molecule has 190 valence electrons. The lowest BCUT2D eigenvalue weighted by atomic mass is 10.1. The van der Waals surface area contributed by atoms with Gasteiger partial charge < -0.3 is 10.2 Å². The first kappa shape index (κ1) is 27.9. The Kier molecular flexibility index (Phi) is 9.75. The number of sulfonamides is 1. The van der Waals surface area contributed by atoms with Crippen molar-refractivity contribution in [3.8, 4) is 0 Å². The van der Waals surface area contributed by atoms with Crippen molar-refractivity contribution in [2.45, 2.75) is 30.8 Å². The SMILES string of the molecule is CCC(C(=O)NC)N(Cc1ccc(Cl)cc1)C(=O)CN(c1ccc(I)cc1)S(=O)(=O)c1ccccc1. The first-order valence-electron chi connectivity index (χ1n) is 11.3. The van der Waals surface area contributed by atoms with E-state index in [1.165, 1.54) is 24.1 Å². The van der Waals surface area contributed by atoms with Gasteiger partial charge in [0.25, 0.3) is 10.0 Å². The number of hydrogen-bond acceptors (Lipinski definition) is 4. The average molecular weight is 640 g/mol. The van der Waals surface area contributed by atoms with Crippen LogP contribution in [0.5, 0.6) is 0 Å². The lowest BCUT2D eigenvalue weighted by Crippen LogP contribution is -2.51. The molecule has 0 aliphatic rings. The number of likely N-dealkylation sites (N-methyl/N-ethyl adjacent to an activating group) is 1. The number of nitrogens with one attached hydrogen (secondary N) is 1. The Morgan fingerprint density at radius 3 is 2.14 bits per heavy atom. The monoisotopic (exact) mass is 639 g/mol. The van der Waals surface area contributed by atoms with Gasteiger partial charge in [-0.1, -0.05) is 48.9 Å². The van der Waals surface area contributed by atoms with Crippen LogP contribution in [0.25, 0.3) is 0 Å². The van der Waals surface area contributed by atoms with Crippen molar-refractivity contribution < 1.29 is 18.0 Å². The first-order chi connectivity index (χ1) is 17.2. The minimum Gasteiger partial charge on any atom is -0.357 e. The summed E-state index contributed by atoms with van der Waals surface area (Å²) in [5.41, 5.74) is 1.12. The molecule has 1 atom stereocenters. The lowest BCUT2D eigenvalue weighted by Gasteiger charge is -2.33. The third kappa shape index (κ3) is 6.77. The van der Waals surface area contributed by atoms with Gasteiger partial charge in [0.2, 0.25) is 11.8 Å². The maximum absolute atomic E-state index is 13.8. The Labute approximate surface area is 230 Å². The molecule has 3 aromatic carbocycles. The molecule has 7 nitrogen and oxygen atoms in total. The standard InChI is InChI=1S/C26H27ClIN3O4S/c1-3-24(26(33)29-2)30(17-19-9-11-20(27)12-10-19)25(32)18-31(22-15-13-21(28)14-16-22)36(34,35)23-7-5-4-6-8-23/h4-16,24H,3,17-18H2,1-2H3,(H,29,33). The van der Waals surface area contributed by atoms with Crippen molar-refractivity contribution in [3.05, 3.63) is 93.0 Å². The van der Waals surface area contributed by atoms with Crippen LogP contribution in [0.3, 0.4) is 0 Å². The molecule has 0 saturated carbocycles. The molecule has 0 heterocycles. The van der Waals surface area contributed by atoms with E-state index >= 15 is 0 Å². The van der Waals surface area contributed by atoms with Crippen LogP contribution in [0.2, 0.25) is 5.02 Å². The molecule has 0 fully saturated rings. The molecule has 0 radical (unpaired) electrons. The fraction of sp³-hybridized carbons (Fsp3) is 0.231. The normalized spacial score (nSPS) is 12.0. The predicted molar refractivity (Wildman–Crippen MR) is 150 cm³/mol. The zero-order chi connectivity index (χ0) is 26.3. The molecule has 0 aliphatic carbocycles. The van der Waals surface area contributed by atoms with Crippen LogP contribution in [0.4, 0.5) is 5.69 Å². The summed E-state index contributed by atoms with van der Waals surface area (Å²) in [6.45, 7) is 1.45. The molecular weight excluding hydrogens is 613 g/mol. The maximum Gasteiger partial charge on any atom is 0.264 e. The third-order valence-corrected chi connectivity index (χ3v) is 8.38. The highest BCUT2D eigenvalue weighted by Crippen LogP contribution is 2.25. The van der Waals surface area contributed by atoms with Crippen molar-refractivity contribution in [2.24, 2.45) is 0 Å². The Bertz CT molecular complexity index is 1290. The number of anilines is 1. The van der Waals surface area contributed by atoms with E-state index in [9.17, 15) is 18.0 Å². The quantitative estimate of drug-likeness (QED) is 0.326. The highest BCUT2D eigenvalue weighted by Gasteiger charge is 2.33. The molecule has 0 spiro atoms. The second kappa shape index (κ2) is 12.6. The van der Waals surface area contributed by atoms with Crippen molar-refractivity contribution in [1.29, 1.82) is 0 Å². The molecule has 3 rings (SSSR count). The van der Waals surface area contributed by atoms with Gasteiger partial charge in [-0.3, -0.25) is 13.9 Å². The smallest absolute Gasteiger partial charge is 0.264 e. The minimum atomic E-state index is -4.07. The van der Waals surface area contributed by atoms with E-state index in [0.29, 0.717) is 17.1 Å². The molecule has 1 unspecified atom stereocenters. The Morgan fingerprint density at radius 2 is 1.58 bits per heavy atom. The number of hydrogen-bond donors (Lipinski definition) is 1. The molecule has 0 saturated heterocycles. The highest BCUT2D eigenvalue weighted by atomic mass is 127. The number of amides is 2. The zero-order valence-electron chi connectivity index (χ0n) is 19.9. The van der Waals surface area contributed by atoms with Gasteiger partial charge >= 0.3 is 0 Å². The molecule has 0 bridgehead atoms. The molecule has 0 aromatic heterocycles. The van der Waals surface area contributed by atoms with E-state index in [1.54, 1.807) is 73.7 Å². The summed E-state index contributed by atoms with van der Waals surface area (Å²) < 4.78 is 29.3. The van der Waals surface area contributed by atoms with Crippen LogP contribution in [0.1, 0.15) is 18.9 Å². The van der Waals surface area contributed by atoms with Gasteiger partial charge in [-0.2, -0.15) is 0 Å². The van der Waals surface area contributed by atoms with Gasteiger partial charge in [0.1, 0.15) is 12.6 Å². The number of carbonyl (C=O) groups is 2.